The van der Waals surface area contributed by atoms with E-state index in [0.717, 1.165) is 5.49 Å². The first-order valence-electron chi connectivity index (χ1n) is 4.45. The predicted molar refractivity (Wildman–Crippen MR) is 54.1 cm³/mol. The minimum atomic E-state index is 0. The van der Waals surface area contributed by atoms with E-state index in [1.165, 1.54) is 5.56 Å². The zero-order chi connectivity index (χ0) is 9.90. The van der Waals surface area contributed by atoms with Gasteiger partial charge in [-0.05, 0) is 5.41 Å². The number of aromatic nitrogens is 1. The molecule has 0 atom stereocenters. The molecule has 1 aromatic rings. The van der Waals surface area contributed by atoms with Crippen LogP contribution in [0, 0.1) is 13.0 Å². The van der Waals surface area contributed by atoms with Crippen LogP contribution in [0.4, 0.5) is 0 Å². The van der Waals surface area contributed by atoms with Gasteiger partial charge in [-0.1, -0.05) is 33.5 Å². The summed E-state index contributed by atoms with van der Waals surface area (Å²) < 4.78 is 0. The van der Waals surface area contributed by atoms with Gasteiger partial charge in [-0.2, -0.15) is 6.07 Å². The largest absolute Gasteiger partial charge is 2.00 e. The Labute approximate surface area is 100 Å². The average molecular weight is 360 g/mol. The van der Waals surface area contributed by atoms with Crippen molar-refractivity contribution in [3.05, 3.63) is 36.3 Å². The first-order chi connectivity index (χ1) is 6.04. The Morgan fingerprint density at radius 1 is 1.50 bits per heavy atom. The molecule has 0 aliphatic carbocycles. The van der Waals surface area contributed by atoms with Gasteiger partial charge in [0.2, 0.25) is 0 Å². The predicted octanol–water partition coefficient (Wildman–Crippen LogP) is 1.84. The Kier molecular flexibility index (Phi) is 5.36. The number of rotatable bonds is 1. The van der Waals surface area contributed by atoms with Crippen molar-refractivity contribution < 1.29 is 21.1 Å². The van der Waals surface area contributed by atoms with E-state index in [4.69, 9.17) is 0 Å². The molecule has 76 valence electrons. The summed E-state index contributed by atoms with van der Waals surface area (Å²) in [5, 5.41) is 0. The number of hydrogen-bond donors (Lipinski definition) is 1. The van der Waals surface area contributed by atoms with Crippen LogP contribution in [-0.2, 0) is 26.5 Å². The molecule has 1 N–H and O–H groups in total. The third kappa shape index (κ3) is 3.79. The van der Waals surface area contributed by atoms with E-state index < -0.39 is 0 Å². The topological polar surface area (TPSA) is 28.1 Å². The van der Waals surface area contributed by atoms with Crippen molar-refractivity contribution in [3.63, 3.8) is 0 Å². The van der Waals surface area contributed by atoms with Crippen LogP contribution >= 0.6 is 0 Å². The second kappa shape index (κ2) is 5.50. The van der Waals surface area contributed by atoms with Gasteiger partial charge >= 0.3 is 21.1 Å². The molecular weight excluding hydrogens is 344 g/mol. The molecule has 0 aliphatic heterocycles. The average Bonchev–Trinajstić information content (AvgIpc) is 2.04. The number of pyridine rings is 1. The molecule has 3 heteroatoms. The Balaban J connectivity index is 0.00000169. The Bertz CT molecular complexity index is 334. The van der Waals surface area contributed by atoms with Crippen LogP contribution in [0.15, 0.2) is 17.3 Å². The second-order valence-corrected chi connectivity index (χ2v) is 4.00. The molecule has 0 aromatic carbocycles. The van der Waals surface area contributed by atoms with Gasteiger partial charge in [-0.3, -0.25) is 0 Å². The number of hydrogen-bond acceptors (Lipinski definition) is 1. The van der Waals surface area contributed by atoms with E-state index >= 15 is 0 Å². The van der Waals surface area contributed by atoms with Crippen molar-refractivity contribution in [2.24, 2.45) is 4.99 Å². The van der Waals surface area contributed by atoms with Gasteiger partial charge in [-0.15, -0.1) is 0 Å². The van der Waals surface area contributed by atoms with E-state index in [1.54, 1.807) is 0 Å². The standard InChI is InChI=1S/C11H16N2.W/c1-5-12-10-8-9(6-7-13-10)11(2,3)4;/h6-7H,1,5H2,2-4H3,(H,12,13);/q-2;+2. The molecule has 0 unspecified atom stereocenters. The van der Waals surface area contributed by atoms with Gasteiger partial charge in [0, 0.05) is 5.49 Å². The van der Waals surface area contributed by atoms with Crippen molar-refractivity contribution in [1.29, 1.82) is 0 Å². The monoisotopic (exact) mass is 360 g/mol. The first kappa shape index (κ1) is 13.6. The fourth-order valence-corrected chi connectivity index (χ4v) is 1.04. The molecular formula is C11H16N2W. The smallest absolute Gasteiger partial charge is 0.380 e. The van der Waals surface area contributed by atoms with Crippen LogP contribution in [-0.4, -0.2) is 11.5 Å². The third-order valence-electron chi connectivity index (χ3n) is 1.80. The molecule has 0 spiro atoms. The third-order valence-corrected chi connectivity index (χ3v) is 1.80. The number of nitrogens with zero attached hydrogens (tertiary/aromatic N) is 1. The maximum absolute atomic E-state index is 4.16. The zero-order valence-electron chi connectivity index (χ0n) is 8.92. The molecule has 0 bridgehead atoms. The van der Waals surface area contributed by atoms with Gasteiger partial charge in [0.05, 0.1) is 0 Å². The summed E-state index contributed by atoms with van der Waals surface area (Å²) in [5.74, 6) is 0. The molecule has 1 aromatic heterocycles. The summed E-state index contributed by atoms with van der Waals surface area (Å²) in [6.45, 7) is 10.7. The van der Waals surface area contributed by atoms with Crippen LogP contribution in [0.1, 0.15) is 26.3 Å². The van der Waals surface area contributed by atoms with E-state index in [0.29, 0.717) is 6.54 Å². The minimum Gasteiger partial charge on any atom is -0.380 e. The maximum atomic E-state index is 4.16. The van der Waals surface area contributed by atoms with E-state index in [9.17, 15) is 0 Å². The quantitative estimate of drug-likeness (QED) is 0.741. The number of aromatic amines is 1. The number of nitrogens with one attached hydrogen (secondary N) is 1. The molecule has 0 aliphatic rings. The van der Waals surface area contributed by atoms with Crippen LogP contribution in [0.2, 0.25) is 0 Å². The SMILES string of the molecule is [CH2-]CN=c1[c-]c(C(C)(C)C)cc[nH]1.[W+2]. The van der Waals surface area contributed by atoms with Gasteiger partial charge < -0.3 is 16.9 Å². The molecule has 0 amide bonds. The van der Waals surface area contributed by atoms with Crippen LogP contribution in [0.3, 0.4) is 0 Å². The summed E-state index contributed by atoms with van der Waals surface area (Å²) >= 11 is 0. The van der Waals surface area contributed by atoms with Crippen molar-refractivity contribution >= 4 is 0 Å². The van der Waals surface area contributed by atoms with Crippen LogP contribution < -0.4 is 5.49 Å². The van der Waals surface area contributed by atoms with Gasteiger partial charge in [0.1, 0.15) is 0 Å². The maximum Gasteiger partial charge on any atom is 2.00 e. The first-order valence-corrected chi connectivity index (χ1v) is 4.45. The fourth-order valence-electron chi connectivity index (χ4n) is 1.04. The second-order valence-electron chi connectivity index (χ2n) is 4.00. The van der Waals surface area contributed by atoms with Crippen molar-refractivity contribution in [1.82, 2.24) is 4.98 Å². The van der Waals surface area contributed by atoms with Gasteiger partial charge in [0.25, 0.3) is 0 Å². The molecule has 0 saturated heterocycles. The zero-order valence-corrected chi connectivity index (χ0v) is 11.9. The summed E-state index contributed by atoms with van der Waals surface area (Å²) in [6.07, 6.45) is 1.89. The van der Waals surface area contributed by atoms with Crippen molar-refractivity contribution in [3.8, 4) is 0 Å². The van der Waals surface area contributed by atoms with E-state index in [2.05, 4.69) is 43.7 Å². The summed E-state index contributed by atoms with van der Waals surface area (Å²) in [4.78, 5) is 7.18. The molecule has 0 radical (unpaired) electrons. The van der Waals surface area contributed by atoms with Crippen molar-refractivity contribution in [2.45, 2.75) is 26.2 Å². The molecule has 0 fully saturated rings. The summed E-state index contributed by atoms with van der Waals surface area (Å²) in [5.41, 5.74) is 2.07. The minimum absolute atomic E-state index is 0. The Hall–Kier alpha value is -0.362. The van der Waals surface area contributed by atoms with E-state index in [-0.39, 0.29) is 26.5 Å². The van der Waals surface area contributed by atoms with Crippen molar-refractivity contribution in [2.75, 3.05) is 6.54 Å². The van der Waals surface area contributed by atoms with Crippen LogP contribution in [0.25, 0.3) is 0 Å². The van der Waals surface area contributed by atoms with Gasteiger partial charge in [0.15, 0.2) is 0 Å². The fraction of sp³-hybridized carbons (Fsp3) is 0.455. The van der Waals surface area contributed by atoms with Gasteiger partial charge in [-0.25, -0.2) is 11.6 Å². The summed E-state index contributed by atoms with van der Waals surface area (Å²) in [7, 11) is 0. The molecule has 14 heavy (non-hydrogen) atoms. The molecule has 2 nitrogen and oxygen atoms in total. The normalized spacial score (nSPS) is 12.4. The molecule has 1 rings (SSSR count). The molecule has 0 saturated carbocycles. The number of H-pyrrole nitrogens is 1. The summed E-state index contributed by atoms with van der Waals surface area (Å²) in [6, 6.07) is 5.25. The molecule has 1 heterocycles. The Morgan fingerprint density at radius 3 is 2.64 bits per heavy atom. The van der Waals surface area contributed by atoms with E-state index in [1.807, 2.05) is 12.3 Å². The Morgan fingerprint density at radius 2 is 2.14 bits per heavy atom. The van der Waals surface area contributed by atoms with Crippen LogP contribution in [0.5, 0.6) is 0 Å².